The van der Waals surface area contributed by atoms with Crippen molar-refractivity contribution >= 4 is 29.3 Å². The number of nitrogens with one attached hydrogen (secondary N) is 1. The lowest BCUT2D eigenvalue weighted by Gasteiger charge is -2.10. The Morgan fingerprint density at radius 2 is 1.79 bits per heavy atom. The molecule has 0 aliphatic heterocycles. The Hall–Kier alpha value is -2.27. The number of carbonyl (C=O) groups is 2. The SMILES string of the molecule is Cc1ccc(NC(=O)COC(=O)CSc2ccccc2C)c(C)c1. The lowest BCUT2D eigenvalue weighted by molar-refractivity contribution is -0.144. The first-order valence-electron chi connectivity index (χ1n) is 7.67. The van der Waals surface area contributed by atoms with Gasteiger partial charge in [-0.05, 0) is 44.0 Å². The van der Waals surface area contributed by atoms with Crippen molar-refractivity contribution in [3.8, 4) is 0 Å². The number of aryl methyl sites for hydroxylation is 3. The van der Waals surface area contributed by atoms with Crippen LogP contribution in [0.1, 0.15) is 16.7 Å². The molecule has 0 bridgehead atoms. The van der Waals surface area contributed by atoms with Gasteiger partial charge in [-0.3, -0.25) is 9.59 Å². The molecule has 0 aliphatic rings. The van der Waals surface area contributed by atoms with E-state index in [0.29, 0.717) is 0 Å². The molecule has 2 aromatic carbocycles. The molecule has 0 aliphatic carbocycles. The van der Waals surface area contributed by atoms with E-state index in [0.717, 1.165) is 27.3 Å². The van der Waals surface area contributed by atoms with Gasteiger partial charge in [0.2, 0.25) is 0 Å². The molecule has 0 heterocycles. The average Bonchev–Trinajstić information content (AvgIpc) is 2.55. The number of esters is 1. The zero-order chi connectivity index (χ0) is 17.5. The summed E-state index contributed by atoms with van der Waals surface area (Å²) in [6.45, 7) is 5.63. The van der Waals surface area contributed by atoms with Crippen molar-refractivity contribution in [3.63, 3.8) is 0 Å². The number of anilines is 1. The van der Waals surface area contributed by atoms with E-state index < -0.39 is 5.97 Å². The highest BCUT2D eigenvalue weighted by Gasteiger charge is 2.10. The van der Waals surface area contributed by atoms with Crippen LogP contribution in [0.15, 0.2) is 47.4 Å². The Morgan fingerprint density at radius 1 is 1.04 bits per heavy atom. The number of hydrogen-bond acceptors (Lipinski definition) is 4. The summed E-state index contributed by atoms with van der Waals surface area (Å²) in [5.74, 6) is -0.558. The number of benzene rings is 2. The lowest BCUT2D eigenvalue weighted by Crippen LogP contribution is -2.22. The van der Waals surface area contributed by atoms with Crippen molar-refractivity contribution in [2.75, 3.05) is 17.7 Å². The van der Waals surface area contributed by atoms with Gasteiger partial charge < -0.3 is 10.1 Å². The van der Waals surface area contributed by atoms with Gasteiger partial charge in [-0.1, -0.05) is 35.9 Å². The van der Waals surface area contributed by atoms with E-state index in [1.54, 1.807) is 0 Å². The highest BCUT2D eigenvalue weighted by atomic mass is 32.2. The molecular weight excluding hydrogens is 322 g/mol. The molecule has 2 aromatic rings. The first kappa shape index (κ1) is 18.1. The molecule has 24 heavy (non-hydrogen) atoms. The van der Waals surface area contributed by atoms with Gasteiger partial charge in [-0.2, -0.15) is 0 Å². The van der Waals surface area contributed by atoms with Gasteiger partial charge in [0.05, 0.1) is 5.75 Å². The summed E-state index contributed by atoms with van der Waals surface area (Å²) >= 11 is 1.41. The Labute approximate surface area is 146 Å². The summed E-state index contributed by atoms with van der Waals surface area (Å²) in [5, 5.41) is 2.75. The van der Waals surface area contributed by atoms with Crippen LogP contribution >= 0.6 is 11.8 Å². The van der Waals surface area contributed by atoms with Crippen LogP contribution in [0.2, 0.25) is 0 Å². The number of hydrogen-bond donors (Lipinski definition) is 1. The van der Waals surface area contributed by atoms with Gasteiger partial charge in [0, 0.05) is 10.6 Å². The van der Waals surface area contributed by atoms with Gasteiger partial charge >= 0.3 is 5.97 Å². The third kappa shape index (κ3) is 5.42. The molecule has 1 amide bonds. The van der Waals surface area contributed by atoms with Gasteiger partial charge in [0.15, 0.2) is 6.61 Å². The summed E-state index contributed by atoms with van der Waals surface area (Å²) < 4.78 is 5.03. The highest BCUT2D eigenvalue weighted by Crippen LogP contribution is 2.21. The van der Waals surface area contributed by atoms with Gasteiger partial charge in [0.25, 0.3) is 5.91 Å². The zero-order valence-electron chi connectivity index (χ0n) is 14.1. The average molecular weight is 343 g/mol. The fourth-order valence-electron chi connectivity index (χ4n) is 2.18. The molecule has 0 saturated carbocycles. The summed E-state index contributed by atoms with van der Waals surface area (Å²) in [6, 6.07) is 13.6. The molecule has 0 atom stereocenters. The number of ether oxygens (including phenoxy) is 1. The predicted octanol–water partition coefficient (Wildman–Crippen LogP) is 3.89. The topological polar surface area (TPSA) is 55.4 Å². The van der Waals surface area contributed by atoms with Crippen LogP contribution in [0, 0.1) is 20.8 Å². The van der Waals surface area contributed by atoms with E-state index >= 15 is 0 Å². The highest BCUT2D eigenvalue weighted by molar-refractivity contribution is 8.00. The standard InChI is InChI=1S/C19H21NO3S/c1-13-8-9-16(15(3)10-13)20-18(21)11-23-19(22)12-24-17-7-5-4-6-14(17)2/h4-10H,11-12H2,1-3H3,(H,20,21). The van der Waals surface area contributed by atoms with Crippen molar-refractivity contribution in [1.29, 1.82) is 0 Å². The molecule has 4 nitrogen and oxygen atoms in total. The van der Waals surface area contributed by atoms with Crippen molar-refractivity contribution in [2.24, 2.45) is 0 Å². The summed E-state index contributed by atoms with van der Waals surface area (Å²) in [6.07, 6.45) is 0. The Kier molecular flexibility index (Phi) is 6.44. The molecule has 0 fully saturated rings. The van der Waals surface area contributed by atoms with E-state index in [1.165, 1.54) is 11.8 Å². The van der Waals surface area contributed by atoms with Crippen LogP contribution in [0.5, 0.6) is 0 Å². The first-order valence-corrected chi connectivity index (χ1v) is 8.65. The Bertz CT molecular complexity index is 743. The van der Waals surface area contributed by atoms with E-state index in [1.807, 2.05) is 63.2 Å². The van der Waals surface area contributed by atoms with Crippen LogP contribution in [-0.4, -0.2) is 24.2 Å². The quantitative estimate of drug-likeness (QED) is 0.639. The molecule has 0 unspecified atom stereocenters. The molecule has 0 aromatic heterocycles. The first-order chi connectivity index (χ1) is 11.5. The second-order valence-corrected chi connectivity index (χ2v) is 6.60. The molecule has 126 valence electrons. The van der Waals surface area contributed by atoms with Crippen molar-refractivity contribution in [2.45, 2.75) is 25.7 Å². The predicted molar refractivity (Wildman–Crippen MR) is 97.4 cm³/mol. The normalized spacial score (nSPS) is 10.3. The van der Waals surface area contributed by atoms with Gasteiger partial charge in [0.1, 0.15) is 0 Å². The largest absolute Gasteiger partial charge is 0.455 e. The zero-order valence-corrected chi connectivity index (χ0v) is 14.9. The molecule has 0 radical (unpaired) electrons. The number of amides is 1. The molecule has 0 spiro atoms. The fourth-order valence-corrected chi connectivity index (χ4v) is 3.01. The van der Waals surface area contributed by atoms with Crippen LogP contribution in [0.25, 0.3) is 0 Å². The second-order valence-electron chi connectivity index (χ2n) is 5.58. The fraction of sp³-hybridized carbons (Fsp3) is 0.263. The van der Waals surface area contributed by atoms with E-state index in [9.17, 15) is 9.59 Å². The van der Waals surface area contributed by atoms with E-state index in [-0.39, 0.29) is 18.3 Å². The number of carbonyl (C=O) groups excluding carboxylic acids is 2. The maximum absolute atomic E-state index is 11.9. The van der Waals surface area contributed by atoms with Crippen LogP contribution in [-0.2, 0) is 14.3 Å². The van der Waals surface area contributed by atoms with Crippen molar-refractivity contribution in [1.82, 2.24) is 0 Å². The third-order valence-corrected chi connectivity index (χ3v) is 4.61. The molecule has 1 N–H and O–H groups in total. The second kappa shape index (κ2) is 8.55. The van der Waals surface area contributed by atoms with E-state index in [2.05, 4.69) is 5.32 Å². The van der Waals surface area contributed by atoms with E-state index in [4.69, 9.17) is 4.74 Å². The molecule has 0 saturated heterocycles. The minimum absolute atomic E-state index is 0.182. The van der Waals surface area contributed by atoms with Gasteiger partial charge in [-0.25, -0.2) is 0 Å². The van der Waals surface area contributed by atoms with Crippen LogP contribution in [0.3, 0.4) is 0 Å². The van der Waals surface area contributed by atoms with Crippen molar-refractivity contribution in [3.05, 3.63) is 59.2 Å². The maximum atomic E-state index is 11.9. The van der Waals surface area contributed by atoms with Gasteiger partial charge in [-0.15, -0.1) is 11.8 Å². The smallest absolute Gasteiger partial charge is 0.316 e. The minimum Gasteiger partial charge on any atom is -0.455 e. The number of thioether (sulfide) groups is 1. The van der Waals surface area contributed by atoms with Crippen molar-refractivity contribution < 1.29 is 14.3 Å². The molecular formula is C19H21NO3S. The summed E-state index contributed by atoms with van der Waals surface area (Å²) in [4.78, 5) is 24.7. The summed E-state index contributed by atoms with van der Waals surface area (Å²) in [5.41, 5.74) is 3.95. The molecule has 5 heteroatoms. The molecule has 2 rings (SSSR count). The van der Waals surface area contributed by atoms with Crippen LogP contribution in [0.4, 0.5) is 5.69 Å². The number of rotatable bonds is 6. The summed E-state index contributed by atoms with van der Waals surface area (Å²) in [7, 11) is 0. The lowest BCUT2D eigenvalue weighted by atomic mass is 10.1. The Balaban J connectivity index is 1.77. The maximum Gasteiger partial charge on any atom is 0.316 e. The minimum atomic E-state index is -0.404. The third-order valence-electron chi connectivity index (χ3n) is 3.46. The van der Waals surface area contributed by atoms with Crippen LogP contribution < -0.4 is 5.32 Å². The monoisotopic (exact) mass is 343 g/mol. The Morgan fingerprint density at radius 3 is 2.50 bits per heavy atom.